The summed E-state index contributed by atoms with van der Waals surface area (Å²) < 4.78 is 0. The summed E-state index contributed by atoms with van der Waals surface area (Å²) in [6, 6.07) is 14.5. The van der Waals surface area contributed by atoms with Crippen LogP contribution >= 0.6 is 35.0 Å². The van der Waals surface area contributed by atoms with Gasteiger partial charge in [-0.15, -0.1) is 11.8 Å². The largest absolute Gasteiger partial charge is 0.352 e. The molecule has 7 heteroatoms. The minimum absolute atomic E-state index is 0.0495. The Morgan fingerprint density at radius 3 is 2.10 bits per heavy atom. The number of hydrogen-bond acceptors (Lipinski definition) is 3. The first-order chi connectivity index (χ1) is 14.9. The lowest BCUT2D eigenvalue weighted by Crippen LogP contribution is -2.51. The van der Waals surface area contributed by atoms with E-state index in [4.69, 9.17) is 23.2 Å². The molecule has 0 heterocycles. The van der Waals surface area contributed by atoms with Crippen molar-refractivity contribution in [2.75, 3.05) is 5.75 Å². The summed E-state index contributed by atoms with van der Waals surface area (Å²) in [4.78, 5) is 27.8. The van der Waals surface area contributed by atoms with Crippen LogP contribution in [-0.2, 0) is 21.9 Å². The normalized spacial score (nSPS) is 12.8. The molecule has 2 aromatic carbocycles. The third-order valence-electron chi connectivity index (χ3n) is 5.13. The van der Waals surface area contributed by atoms with E-state index in [2.05, 4.69) is 5.32 Å². The predicted molar refractivity (Wildman–Crippen MR) is 132 cm³/mol. The van der Waals surface area contributed by atoms with Crippen molar-refractivity contribution >= 4 is 46.8 Å². The highest BCUT2D eigenvalue weighted by atomic mass is 35.5. The first kappa shape index (κ1) is 25.6. The minimum Gasteiger partial charge on any atom is -0.352 e. The van der Waals surface area contributed by atoms with Gasteiger partial charge in [0.25, 0.3) is 0 Å². The molecule has 0 unspecified atom stereocenters. The number of rotatable bonds is 11. The monoisotopic (exact) mass is 480 g/mol. The number of hydrogen-bond donors (Lipinski definition) is 1. The molecule has 0 bridgehead atoms. The van der Waals surface area contributed by atoms with Crippen molar-refractivity contribution in [2.24, 2.45) is 0 Å². The van der Waals surface area contributed by atoms with Crippen molar-refractivity contribution in [3.05, 3.63) is 69.7 Å². The lowest BCUT2D eigenvalue weighted by atomic mass is 10.1. The second-order valence-corrected chi connectivity index (χ2v) is 9.24. The predicted octanol–water partition coefficient (Wildman–Crippen LogP) is 5.95. The van der Waals surface area contributed by atoms with Crippen molar-refractivity contribution in [2.45, 2.75) is 58.0 Å². The highest BCUT2D eigenvalue weighted by molar-refractivity contribution is 7.99. The van der Waals surface area contributed by atoms with Crippen LogP contribution < -0.4 is 5.32 Å². The Morgan fingerprint density at radius 1 is 0.968 bits per heavy atom. The van der Waals surface area contributed by atoms with Gasteiger partial charge in [0, 0.05) is 28.4 Å². The number of carbonyl (C=O) groups excluding carboxylic acids is 2. The molecule has 0 fully saturated rings. The minimum atomic E-state index is -0.557. The molecule has 2 atom stereocenters. The van der Waals surface area contributed by atoms with Crippen LogP contribution in [0.5, 0.6) is 0 Å². The van der Waals surface area contributed by atoms with Gasteiger partial charge in [-0.2, -0.15) is 0 Å². The summed E-state index contributed by atoms with van der Waals surface area (Å²) in [5, 5.41) is 4.29. The van der Waals surface area contributed by atoms with Crippen LogP contribution in [0.1, 0.15) is 44.7 Å². The summed E-state index contributed by atoms with van der Waals surface area (Å²) in [6.45, 7) is 6.19. The zero-order valence-corrected chi connectivity index (χ0v) is 20.6. The summed E-state index contributed by atoms with van der Waals surface area (Å²) in [5.74, 6) is 0.653. The molecule has 1 N–H and O–H groups in total. The van der Waals surface area contributed by atoms with Crippen LogP contribution in [0.25, 0.3) is 0 Å². The standard InChI is InChI=1S/C24H30Cl2N2O2S/c1-4-17(3)27-24(30)22(5-2)28(14-18-10-6-8-12-20(18)25)23(29)16-31-15-19-11-7-9-13-21(19)26/h6-13,17,22H,4-5,14-16H2,1-3H3,(H,27,30)/t17-,22-/m0/s1. The number of halogens is 2. The molecular weight excluding hydrogens is 451 g/mol. The Labute approximate surface area is 199 Å². The molecule has 31 heavy (non-hydrogen) atoms. The molecule has 0 spiro atoms. The van der Waals surface area contributed by atoms with E-state index in [1.807, 2.05) is 63.2 Å². The average Bonchev–Trinajstić information content (AvgIpc) is 2.76. The number of benzene rings is 2. The Kier molecular flexibility index (Phi) is 10.7. The highest BCUT2D eigenvalue weighted by Crippen LogP contribution is 2.23. The van der Waals surface area contributed by atoms with Gasteiger partial charge in [-0.05, 0) is 43.0 Å². The Bertz CT molecular complexity index is 878. The first-order valence-corrected chi connectivity index (χ1v) is 12.4. The van der Waals surface area contributed by atoms with Crippen LogP contribution in [0.15, 0.2) is 48.5 Å². The van der Waals surface area contributed by atoms with E-state index >= 15 is 0 Å². The molecule has 0 aromatic heterocycles. The second-order valence-electron chi connectivity index (χ2n) is 7.44. The van der Waals surface area contributed by atoms with Crippen molar-refractivity contribution in [3.63, 3.8) is 0 Å². The van der Waals surface area contributed by atoms with Crippen LogP contribution in [-0.4, -0.2) is 34.6 Å². The Morgan fingerprint density at radius 2 is 1.55 bits per heavy atom. The van der Waals surface area contributed by atoms with E-state index in [-0.39, 0.29) is 30.2 Å². The van der Waals surface area contributed by atoms with Crippen LogP contribution in [0, 0.1) is 0 Å². The SMILES string of the molecule is CC[C@H](C)NC(=O)[C@H](CC)N(Cc1ccccc1Cl)C(=O)CSCc1ccccc1Cl. The molecule has 2 aromatic rings. The van der Waals surface area contributed by atoms with Gasteiger partial charge in [-0.25, -0.2) is 0 Å². The maximum atomic E-state index is 13.2. The Hall–Kier alpha value is -1.69. The molecule has 0 aliphatic carbocycles. The van der Waals surface area contributed by atoms with Gasteiger partial charge in [0.1, 0.15) is 6.04 Å². The quantitative estimate of drug-likeness (QED) is 0.432. The van der Waals surface area contributed by atoms with E-state index in [1.165, 1.54) is 11.8 Å². The molecule has 2 rings (SSSR count). The zero-order valence-electron chi connectivity index (χ0n) is 18.2. The number of amides is 2. The van der Waals surface area contributed by atoms with Crippen molar-refractivity contribution in [1.29, 1.82) is 0 Å². The third kappa shape index (κ3) is 7.74. The fraction of sp³-hybridized carbons (Fsp3) is 0.417. The van der Waals surface area contributed by atoms with Gasteiger partial charge in [-0.1, -0.05) is 73.4 Å². The number of nitrogens with zero attached hydrogens (tertiary/aromatic N) is 1. The number of nitrogens with one attached hydrogen (secondary N) is 1. The van der Waals surface area contributed by atoms with Crippen molar-refractivity contribution in [3.8, 4) is 0 Å². The molecule has 0 saturated heterocycles. The van der Waals surface area contributed by atoms with E-state index in [1.54, 1.807) is 11.0 Å². The maximum Gasteiger partial charge on any atom is 0.243 e. The zero-order chi connectivity index (χ0) is 22.8. The third-order valence-corrected chi connectivity index (χ3v) is 6.83. The molecule has 4 nitrogen and oxygen atoms in total. The number of carbonyl (C=O) groups is 2. The van der Waals surface area contributed by atoms with Crippen molar-refractivity contribution in [1.82, 2.24) is 10.2 Å². The Balaban J connectivity index is 2.16. The number of thioether (sulfide) groups is 1. The molecule has 0 aliphatic heterocycles. The lowest BCUT2D eigenvalue weighted by molar-refractivity contribution is -0.139. The van der Waals surface area contributed by atoms with Gasteiger partial charge in [-0.3, -0.25) is 9.59 Å². The van der Waals surface area contributed by atoms with Crippen LogP contribution in [0.3, 0.4) is 0 Å². The fourth-order valence-electron chi connectivity index (χ4n) is 3.12. The molecule has 2 amide bonds. The molecule has 0 saturated carbocycles. The molecule has 168 valence electrons. The smallest absolute Gasteiger partial charge is 0.243 e. The van der Waals surface area contributed by atoms with Gasteiger partial charge in [0.05, 0.1) is 5.75 Å². The topological polar surface area (TPSA) is 49.4 Å². The van der Waals surface area contributed by atoms with Crippen LogP contribution in [0.2, 0.25) is 10.0 Å². The summed E-state index contributed by atoms with van der Waals surface area (Å²) in [6.07, 6.45) is 1.35. The van der Waals surface area contributed by atoms with Gasteiger partial charge in [0.15, 0.2) is 0 Å². The fourth-order valence-corrected chi connectivity index (χ4v) is 4.51. The van der Waals surface area contributed by atoms with E-state index in [9.17, 15) is 9.59 Å². The van der Waals surface area contributed by atoms with E-state index in [0.29, 0.717) is 22.2 Å². The summed E-state index contributed by atoms with van der Waals surface area (Å²) in [7, 11) is 0. The van der Waals surface area contributed by atoms with Crippen molar-refractivity contribution < 1.29 is 9.59 Å². The highest BCUT2D eigenvalue weighted by Gasteiger charge is 2.29. The first-order valence-electron chi connectivity index (χ1n) is 10.5. The van der Waals surface area contributed by atoms with Gasteiger partial charge >= 0.3 is 0 Å². The maximum absolute atomic E-state index is 13.2. The summed E-state index contributed by atoms with van der Waals surface area (Å²) in [5.41, 5.74) is 1.81. The van der Waals surface area contributed by atoms with E-state index in [0.717, 1.165) is 17.5 Å². The van der Waals surface area contributed by atoms with Gasteiger partial charge < -0.3 is 10.2 Å². The lowest BCUT2D eigenvalue weighted by Gasteiger charge is -2.31. The second kappa shape index (κ2) is 13.0. The molecular formula is C24H30Cl2N2O2S. The molecule has 0 radical (unpaired) electrons. The molecule has 0 aliphatic rings. The van der Waals surface area contributed by atoms with E-state index < -0.39 is 6.04 Å². The van der Waals surface area contributed by atoms with Gasteiger partial charge in [0.2, 0.25) is 11.8 Å². The van der Waals surface area contributed by atoms with Crippen LogP contribution in [0.4, 0.5) is 0 Å². The average molecular weight is 481 g/mol. The summed E-state index contributed by atoms with van der Waals surface area (Å²) >= 11 is 14.1.